The lowest BCUT2D eigenvalue weighted by Crippen LogP contribution is -2.23. The summed E-state index contributed by atoms with van der Waals surface area (Å²) in [5.74, 6) is -1.50. The molecular weight excluding hydrogens is 590 g/mol. The van der Waals surface area contributed by atoms with E-state index in [0.717, 1.165) is 24.3 Å². The molecule has 8 nitrogen and oxygen atoms in total. The maximum absolute atomic E-state index is 12.8. The van der Waals surface area contributed by atoms with Crippen LogP contribution in [0.15, 0.2) is 82.6 Å². The molecule has 214 valence electrons. The van der Waals surface area contributed by atoms with E-state index in [-0.39, 0.29) is 24.2 Å². The molecule has 0 heterocycles. The molecule has 0 bridgehead atoms. The lowest BCUT2D eigenvalue weighted by Gasteiger charge is -2.13. The Kier molecular flexibility index (Phi) is 8.64. The zero-order chi connectivity index (χ0) is 29.9. The van der Waals surface area contributed by atoms with Crippen LogP contribution < -0.4 is 10.6 Å². The largest absolute Gasteiger partial charge is 0.501 e. The second-order valence-electron chi connectivity index (χ2n) is 8.17. The van der Waals surface area contributed by atoms with Gasteiger partial charge in [0.25, 0.3) is 19.7 Å². The minimum Gasteiger partial charge on any atom is -0.326 e. The number of hydrogen-bond acceptors (Lipinski definition) is 6. The number of amides is 2. The fourth-order valence-corrected chi connectivity index (χ4v) is 5.02. The molecule has 0 aliphatic rings. The highest BCUT2D eigenvalue weighted by Gasteiger charge is 2.47. The summed E-state index contributed by atoms with van der Waals surface area (Å²) in [4.78, 5) is 23.0. The molecule has 2 N–H and O–H groups in total. The van der Waals surface area contributed by atoms with Crippen molar-refractivity contribution in [2.75, 3.05) is 10.6 Å². The van der Waals surface area contributed by atoms with Gasteiger partial charge in [-0.1, -0.05) is 36.4 Å². The summed E-state index contributed by atoms with van der Waals surface area (Å²) in [6, 6.07) is 13.1. The summed E-state index contributed by atoms with van der Waals surface area (Å²) >= 11 is 0. The summed E-state index contributed by atoms with van der Waals surface area (Å²) < 4.78 is 123. The second kappa shape index (κ2) is 11.3. The molecule has 0 aromatic heterocycles. The number of carbonyl (C=O) groups is 2. The molecular formula is C24H18F6N2O6S2. The van der Waals surface area contributed by atoms with Gasteiger partial charge in [-0.05, 0) is 47.5 Å². The fourth-order valence-electron chi connectivity index (χ4n) is 3.41. The minimum absolute atomic E-state index is 0.223. The standard InChI is InChI=1S/C24H18F6N2O6S2/c25-23(26,27)39(35,36)19-9-3-7-17(13-19)31-21(33)11-15-5-1-2-6-16(15)12-22(34)32-18-8-4-10-20(14-18)40(37,38)24(28,29)30/h1-10,13-14H,11-12H2,(H,31,33)(H,32,34). The van der Waals surface area contributed by atoms with Crippen LogP contribution in [0.25, 0.3) is 0 Å². The zero-order valence-corrected chi connectivity index (χ0v) is 21.5. The average Bonchev–Trinajstić information content (AvgIpc) is 2.84. The quantitative estimate of drug-likeness (QED) is 0.359. The van der Waals surface area contributed by atoms with Gasteiger partial charge in [0.15, 0.2) is 0 Å². The topological polar surface area (TPSA) is 126 Å². The normalized spacial score (nSPS) is 12.6. The molecule has 0 saturated carbocycles. The van der Waals surface area contributed by atoms with Crippen molar-refractivity contribution in [2.45, 2.75) is 33.6 Å². The van der Waals surface area contributed by atoms with Gasteiger partial charge in [-0.3, -0.25) is 9.59 Å². The third-order valence-electron chi connectivity index (χ3n) is 5.29. The predicted octanol–water partition coefficient (Wildman–Crippen LogP) is 4.64. The van der Waals surface area contributed by atoms with Crippen LogP contribution in [0.4, 0.5) is 37.7 Å². The molecule has 0 saturated heterocycles. The van der Waals surface area contributed by atoms with Crippen LogP contribution in [0.2, 0.25) is 0 Å². The van der Waals surface area contributed by atoms with Gasteiger partial charge < -0.3 is 10.6 Å². The van der Waals surface area contributed by atoms with Crippen molar-refractivity contribution in [1.82, 2.24) is 0 Å². The Labute approximate surface area is 223 Å². The van der Waals surface area contributed by atoms with Crippen molar-refractivity contribution in [3.05, 3.63) is 83.9 Å². The van der Waals surface area contributed by atoms with E-state index in [0.29, 0.717) is 23.3 Å². The summed E-state index contributed by atoms with van der Waals surface area (Å²) in [7, 11) is -11.3. The molecule has 0 aliphatic heterocycles. The van der Waals surface area contributed by atoms with Gasteiger partial charge in [0, 0.05) is 11.4 Å². The third-order valence-corrected chi connectivity index (χ3v) is 8.25. The van der Waals surface area contributed by atoms with Gasteiger partial charge in [-0.15, -0.1) is 0 Å². The fraction of sp³-hybridized carbons (Fsp3) is 0.167. The lowest BCUT2D eigenvalue weighted by molar-refractivity contribution is -0.116. The Hall–Kier alpha value is -3.92. The molecule has 0 atom stereocenters. The molecule has 3 aromatic carbocycles. The molecule has 16 heteroatoms. The van der Waals surface area contributed by atoms with E-state index in [1.54, 1.807) is 0 Å². The summed E-state index contributed by atoms with van der Waals surface area (Å²) in [6.45, 7) is 0. The number of rotatable bonds is 8. The van der Waals surface area contributed by atoms with Crippen LogP contribution in [0.3, 0.4) is 0 Å². The van der Waals surface area contributed by atoms with E-state index >= 15 is 0 Å². The summed E-state index contributed by atoms with van der Waals surface area (Å²) in [6.07, 6.45) is -0.752. The first-order chi connectivity index (χ1) is 18.4. The van der Waals surface area contributed by atoms with Crippen molar-refractivity contribution in [2.24, 2.45) is 0 Å². The van der Waals surface area contributed by atoms with E-state index in [2.05, 4.69) is 10.6 Å². The van der Waals surface area contributed by atoms with Gasteiger partial charge in [0.1, 0.15) is 0 Å². The lowest BCUT2D eigenvalue weighted by atomic mass is 10.0. The Bertz CT molecular complexity index is 1530. The van der Waals surface area contributed by atoms with E-state index in [1.165, 1.54) is 36.4 Å². The summed E-state index contributed by atoms with van der Waals surface area (Å²) in [5, 5.41) is 4.57. The van der Waals surface area contributed by atoms with Crippen molar-refractivity contribution >= 4 is 42.9 Å². The molecule has 0 fully saturated rings. The predicted molar refractivity (Wildman–Crippen MR) is 130 cm³/mol. The van der Waals surface area contributed by atoms with Crippen LogP contribution in [0, 0.1) is 0 Å². The molecule has 3 rings (SSSR count). The molecule has 0 radical (unpaired) electrons. The van der Waals surface area contributed by atoms with Crippen molar-refractivity contribution in [3.8, 4) is 0 Å². The number of alkyl halides is 6. The van der Waals surface area contributed by atoms with E-state index in [9.17, 15) is 52.8 Å². The molecule has 0 unspecified atom stereocenters. The van der Waals surface area contributed by atoms with Gasteiger partial charge in [0.05, 0.1) is 22.6 Å². The van der Waals surface area contributed by atoms with E-state index < -0.39 is 52.3 Å². The maximum Gasteiger partial charge on any atom is 0.501 e. The summed E-state index contributed by atoms with van der Waals surface area (Å²) in [5.41, 5.74) is -10.9. The van der Waals surface area contributed by atoms with Crippen LogP contribution in [0.1, 0.15) is 11.1 Å². The Morgan fingerprint density at radius 2 is 0.925 bits per heavy atom. The minimum atomic E-state index is -5.64. The van der Waals surface area contributed by atoms with Crippen LogP contribution in [-0.4, -0.2) is 39.7 Å². The number of benzene rings is 3. The first-order valence-corrected chi connectivity index (χ1v) is 13.9. The highest BCUT2D eigenvalue weighted by molar-refractivity contribution is 7.92. The molecule has 0 aliphatic carbocycles. The van der Waals surface area contributed by atoms with Crippen molar-refractivity contribution < 1.29 is 52.8 Å². The zero-order valence-electron chi connectivity index (χ0n) is 19.9. The Balaban J connectivity index is 1.72. The van der Waals surface area contributed by atoms with Crippen LogP contribution >= 0.6 is 0 Å². The highest BCUT2D eigenvalue weighted by atomic mass is 32.2. The van der Waals surface area contributed by atoms with Gasteiger partial charge in [0.2, 0.25) is 11.8 Å². The SMILES string of the molecule is O=C(Cc1ccccc1CC(=O)Nc1cccc(S(=O)(=O)C(F)(F)F)c1)Nc1cccc(S(=O)(=O)C(F)(F)F)c1. The molecule has 40 heavy (non-hydrogen) atoms. The smallest absolute Gasteiger partial charge is 0.326 e. The van der Waals surface area contributed by atoms with E-state index in [4.69, 9.17) is 0 Å². The van der Waals surface area contributed by atoms with Crippen molar-refractivity contribution in [1.29, 1.82) is 0 Å². The molecule has 0 spiro atoms. The van der Waals surface area contributed by atoms with Gasteiger partial charge >= 0.3 is 11.0 Å². The second-order valence-corrected chi connectivity index (χ2v) is 12.1. The number of halogens is 6. The van der Waals surface area contributed by atoms with Crippen molar-refractivity contribution in [3.63, 3.8) is 0 Å². The number of hydrogen-bond donors (Lipinski definition) is 2. The molecule has 2 amide bonds. The third kappa shape index (κ3) is 6.98. The Morgan fingerprint density at radius 3 is 1.25 bits per heavy atom. The van der Waals surface area contributed by atoms with Crippen LogP contribution in [0.5, 0.6) is 0 Å². The van der Waals surface area contributed by atoms with Gasteiger partial charge in [-0.25, -0.2) is 16.8 Å². The van der Waals surface area contributed by atoms with Gasteiger partial charge in [-0.2, -0.15) is 26.3 Å². The monoisotopic (exact) mass is 608 g/mol. The first kappa shape index (κ1) is 30.6. The Morgan fingerprint density at radius 1 is 0.575 bits per heavy atom. The first-order valence-electron chi connectivity index (χ1n) is 10.9. The van der Waals surface area contributed by atoms with Crippen LogP contribution in [-0.2, 0) is 42.1 Å². The number of sulfone groups is 2. The number of nitrogens with one attached hydrogen (secondary N) is 2. The van der Waals surface area contributed by atoms with E-state index in [1.807, 2.05) is 0 Å². The number of carbonyl (C=O) groups excluding carboxylic acids is 2. The average molecular weight is 609 g/mol. The highest BCUT2D eigenvalue weighted by Crippen LogP contribution is 2.32. The maximum atomic E-state index is 12.8. The molecule has 3 aromatic rings. The number of anilines is 2.